The quantitative estimate of drug-likeness (QED) is 0.532. The number of rotatable bonds is 3. The third-order valence-electron chi connectivity index (χ3n) is 4.28. The van der Waals surface area contributed by atoms with Gasteiger partial charge in [-0.2, -0.15) is 0 Å². The van der Waals surface area contributed by atoms with Gasteiger partial charge in [-0.25, -0.2) is 0 Å². The summed E-state index contributed by atoms with van der Waals surface area (Å²) in [4.78, 5) is 16.6. The number of allylic oxidation sites excluding steroid dienone is 1. The van der Waals surface area contributed by atoms with Crippen molar-refractivity contribution in [2.45, 2.75) is 12.8 Å². The second-order valence-electron chi connectivity index (χ2n) is 5.59. The topological polar surface area (TPSA) is 30.0 Å². The van der Waals surface area contributed by atoms with E-state index in [0.717, 1.165) is 29.4 Å². The minimum absolute atomic E-state index is 0.0485. The largest absolute Gasteiger partial charge is 0.289 e. The molecule has 0 radical (unpaired) electrons. The molecule has 3 aromatic rings. The van der Waals surface area contributed by atoms with Gasteiger partial charge in [-0.3, -0.25) is 9.78 Å². The Morgan fingerprint density at radius 1 is 0.955 bits per heavy atom. The fourth-order valence-corrected chi connectivity index (χ4v) is 3.20. The molecule has 0 N–H and O–H groups in total. The third-order valence-corrected chi connectivity index (χ3v) is 4.28. The Balaban J connectivity index is 1.76. The van der Waals surface area contributed by atoms with Crippen LogP contribution in [0.2, 0.25) is 0 Å². The molecule has 0 unspecified atom stereocenters. The van der Waals surface area contributed by atoms with Crippen LogP contribution in [-0.2, 0) is 12.8 Å². The Morgan fingerprint density at radius 3 is 2.55 bits per heavy atom. The molecule has 0 atom stereocenters. The Labute approximate surface area is 129 Å². The lowest BCUT2D eigenvalue weighted by molar-refractivity contribution is 0.104. The van der Waals surface area contributed by atoms with Gasteiger partial charge in [0.25, 0.3) is 0 Å². The molecule has 0 fully saturated rings. The molecule has 2 aromatic carbocycles. The summed E-state index contributed by atoms with van der Waals surface area (Å²) in [5, 5.41) is 2.36. The monoisotopic (exact) mass is 285 g/mol. The highest BCUT2D eigenvalue weighted by atomic mass is 16.1. The Hall–Kier alpha value is -2.74. The van der Waals surface area contributed by atoms with Gasteiger partial charge in [0.2, 0.25) is 0 Å². The van der Waals surface area contributed by atoms with Crippen LogP contribution in [0.15, 0.2) is 60.9 Å². The Kier molecular flexibility index (Phi) is 3.08. The van der Waals surface area contributed by atoms with E-state index < -0.39 is 0 Å². The summed E-state index contributed by atoms with van der Waals surface area (Å²) in [6.07, 6.45) is 9.10. The highest BCUT2D eigenvalue weighted by molar-refractivity contribution is 6.15. The summed E-state index contributed by atoms with van der Waals surface area (Å²) in [6.45, 7) is 0. The van der Waals surface area contributed by atoms with Crippen molar-refractivity contribution >= 4 is 22.6 Å². The van der Waals surface area contributed by atoms with Gasteiger partial charge < -0.3 is 0 Å². The van der Waals surface area contributed by atoms with Gasteiger partial charge in [-0.15, -0.1) is 0 Å². The van der Waals surface area contributed by atoms with Crippen LogP contribution in [0, 0.1) is 0 Å². The fraction of sp³-hybridized carbons (Fsp3) is 0.100. The van der Waals surface area contributed by atoms with Crippen molar-refractivity contribution < 1.29 is 4.79 Å². The fourth-order valence-electron chi connectivity index (χ4n) is 3.20. The first-order valence-corrected chi connectivity index (χ1v) is 7.49. The summed E-state index contributed by atoms with van der Waals surface area (Å²) >= 11 is 0. The first kappa shape index (κ1) is 13.0. The van der Waals surface area contributed by atoms with E-state index in [1.165, 1.54) is 16.5 Å². The molecule has 0 amide bonds. The normalized spacial score (nSPS) is 13.1. The molecule has 0 saturated carbocycles. The SMILES string of the molecule is O=C(C=Cc1ccncc1)c1ccc2c3c(cccc13)CC2. The molecule has 1 aliphatic carbocycles. The minimum atomic E-state index is 0.0485. The van der Waals surface area contributed by atoms with E-state index in [4.69, 9.17) is 0 Å². The Morgan fingerprint density at radius 2 is 1.73 bits per heavy atom. The van der Waals surface area contributed by atoms with Gasteiger partial charge in [0.1, 0.15) is 0 Å². The maximum Gasteiger partial charge on any atom is 0.186 e. The highest BCUT2D eigenvalue weighted by Crippen LogP contribution is 2.33. The minimum Gasteiger partial charge on any atom is -0.289 e. The van der Waals surface area contributed by atoms with Crippen LogP contribution < -0.4 is 0 Å². The van der Waals surface area contributed by atoms with Gasteiger partial charge in [0.05, 0.1) is 0 Å². The lowest BCUT2D eigenvalue weighted by atomic mass is 9.97. The number of aryl methyl sites for hydroxylation is 2. The molecule has 1 heterocycles. The number of nitrogens with zero attached hydrogens (tertiary/aromatic N) is 1. The molecule has 0 saturated heterocycles. The first-order chi connectivity index (χ1) is 10.8. The van der Waals surface area contributed by atoms with E-state index in [1.807, 2.05) is 24.3 Å². The van der Waals surface area contributed by atoms with E-state index in [9.17, 15) is 4.79 Å². The second kappa shape index (κ2) is 5.23. The number of ketones is 1. The van der Waals surface area contributed by atoms with Crippen molar-refractivity contribution in [3.8, 4) is 0 Å². The zero-order valence-corrected chi connectivity index (χ0v) is 12.1. The van der Waals surface area contributed by atoms with Crippen LogP contribution in [0.1, 0.15) is 27.0 Å². The van der Waals surface area contributed by atoms with Gasteiger partial charge in [-0.1, -0.05) is 36.4 Å². The average Bonchev–Trinajstić information content (AvgIpc) is 2.99. The summed E-state index contributed by atoms with van der Waals surface area (Å²) in [6, 6.07) is 14.1. The van der Waals surface area contributed by atoms with Crippen LogP contribution >= 0.6 is 0 Å². The van der Waals surface area contributed by atoms with Crippen molar-refractivity contribution in [3.05, 3.63) is 83.2 Å². The molecule has 0 aliphatic heterocycles. The van der Waals surface area contributed by atoms with E-state index >= 15 is 0 Å². The van der Waals surface area contributed by atoms with Crippen molar-refractivity contribution in [3.63, 3.8) is 0 Å². The van der Waals surface area contributed by atoms with Crippen LogP contribution in [0.25, 0.3) is 16.8 Å². The van der Waals surface area contributed by atoms with Crippen molar-refractivity contribution in [2.75, 3.05) is 0 Å². The lowest BCUT2D eigenvalue weighted by Crippen LogP contribution is -1.96. The third kappa shape index (κ3) is 2.13. The summed E-state index contributed by atoms with van der Waals surface area (Å²) in [5.41, 5.74) is 4.49. The van der Waals surface area contributed by atoms with Gasteiger partial charge >= 0.3 is 0 Å². The number of benzene rings is 2. The number of hydrogen-bond donors (Lipinski definition) is 0. The average molecular weight is 285 g/mol. The van der Waals surface area contributed by atoms with Crippen LogP contribution in [-0.4, -0.2) is 10.8 Å². The lowest BCUT2D eigenvalue weighted by Gasteiger charge is -2.06. The van der Waals surface area contributed by atoms with Crippen molar-refractivity contribution in [1.82, 2.24) is 4.98 Å². The van der Waals surface area contributed by atoms with Gasteiger partial charge in [0.15, 0.2) is 5.78 Å². The van der Waals surface area contributed by atoms with E-state index in [2.05, 4.69) is 29.2 Å². The highest BCUT2D eigenvalue weighted by Gasteiger charge is 2.17. The molecule has 0 spiro atoms. The molecule has 2 nitrogen and oxygen atoms in total. The smallest absolute Gasteiger partial charge is 0.186 e. The molecule has 4 rings (SSSR count). The number of hydrogen-bond acceptors (Lipinski definition) is 2. The van der Waals surface area contributed by atoms with Crippen molar-refractivity contribution in [1.29, 1.82) is 0 Å². The summed E-state index contributed by atoms with van der Waals surface area (Å²) < 4.78 is 0. The van der Waals surface area contributed by atoms with Crippen molar-refractivity contribution in [2.24, 2.45) is 0 Å². The molecule has 1 aromatic heterocycles. The Bertz CT molecular complexity index is 884. The summed E-state index contributed by atoms with van der Waals surface area (Å²) in [7, 11) is 0. The molecule has 106 valence electrons. The molecule has 0 bridgehead atoms. The predicted molar refractivity (Wildman–Crippen MR) is 89.0 cm³/mol. The molecular formula is C20H15NO. The molecule has 2 heteroatoms. The predicted octanol–water partition coefficient (Wildman–Crippen LogP) is 4.23. The zero-order valence-electron chi connectivity index (χ0n) is 12.1. The first-order valence-electron chi connectivity index (χ1n) is 7.49. The standard InChI is InChI=1S/C20H15NO/c22-19(9-4-14-10-12-21-13-11-14)17-8-7-16-6-5-15-2-1-3-18(17)20(15)16/h1-4,7-13H,5-6H2. The number of aromatic nitrogens is 1. The number of carbonyl (C=O) groups excluding carboxylic acids is 1. The van der Waals surface area contributed by atoms with Gasteiger partial charge in [0, 0.05) is 18.0 Å². The van der Waals surface area contributed by atoms with Crippen LogP contribution in [0.3, 0.4) is 0 Å². The second-order valence-corrected chi connectivity index (χ2v) is 5.59. The number of pyridine rings is 1. The molecular weight excluding hydrogens is 270 g/mol. The summed E-state index contributed by atoms with van der Waals surface area (Å²) in [5.74, 6) is 0.0485. The zero-order chi connectivity index (χ0) is 14.9. The van der Waals surface area contributed by atoms with E-state index in [-0.39, 0.29) is 5.78 Å². The van der Waals surface area contributed by atoms with Crippen LogP contribution in [0.5, 0.6) is 0 Å². The van der Waals surface area contributed by atoms with E-state index in [1.54, 1.807) is 18.5 Å². The number of carbonyl (C=O) groups is 1. The van der Waals surface area contributed by atoms with E-state index in [0.29, 0.717) is 0 Å². The van der Waals surface area contributed by atoms with Crippen LogP contribution in [0.4, 0.5) is 0 Å². The molecule has 22 heavy (non-hydrogen) atoms. The maximum atomic E-state index is 12.6. The molecule has 1 aliphatic rings. The maximum absolute atomic E-state index is 12.6. The van der Waals surface area contributed by atoms with Gasteiger partial charge in [-0.05, 0) is 58.5 Å².